The smallest absolute Gasteiger partial charge is 0.195 e. The Morgan fingerprint density at radius 2 is 1.81 bits per heavy atom. The van der Waals surface area contributed by atoms with Crippen molar-refractivity contribution in [2.45, 2.75) is 6.92 Å². The standard InChI is InChI=1S/C16H10Cl3NO/c1-8-10(3-2-4-12(8)18)16(21)11-7-20-14-6-9(17)5-13(19)15(11)14/h2-7,20H,1H3. The van der Waals surface area contributed by atoms with Crippen LogP contribution in [-0.4, -0.2) is 10.8 Å². The highest BCUT2D eigenvalue weighted by molar-refractivity contribution is 6.40. The Morgan fingerprint density at radius 1 is 1.05 bits per heavy atom. The first-order valence-electron chi connectivity index (χ1n) is 6.25. The molecule has 1 heterocycles. The quantitative estimate of drug-likeness (QED) is 0.600. The maximum Gasteiger partial charge on any atom is 0.195 e. The number of carbonyl (C=O) groups is 1. The summed E-state index contributed by atoms with van der Waals surface area (Å²) in [6.45, 7) is 1.82. The third-order valence-electron chi connectivity index (χ3n) is 3.45. The van der Waals surface area contributed by atoms with Crippen LogP contribution in [0.15, 0.2) is 36.5 Å². The molecule has 0 amide bonds. The van der Waals surface area contributed by atoms with Crippen molar-refractivity contribution in [1.82, 2.24) is 4.98 Å². The average Bonchev–Trinajstić information content (AvgIpc) is 2.85. The van der Waals surface area contributed by atoms with Crippen LogP contribution in [0.25, 0.3) is 10.9 Å². The molecule has 2 nitrogen and oxygen atoms in total. The number of aromatic amines is 1. The third-order valence-corrected chi connectivity index (χ3v) is 4.38. The van der Waals surface area contributed by atoms with Crippen LogP contribution in [0.4, 0.5) is 0 Å². The van der Waals surface area contributed by atoms with Gasteiger partial charge in [0.2, 0.25) is 0 Å². The fourth-order valence-corrected chi connectivity index (χ4v) is 3.13. The molecule has 0 saturated heterocycles. The molecule has 0 bridgehead atoms. The summed E-state index contributed by atoms with van der Waals surface area (Å²) in [5.74, 6) is -0.120. The molecule has 0 aliphatic rings. The zero-order chi connectivity index (χ0) is 15.1. The van der Waals surface area contributed by atoms with E-state index in [-0.39, 0.29) is 5.78 Å². The van der Waals surface area contributed by atoms with Crippen molar-refractivity contribution in [3.05, 3.63) is 68.3 Å². The topological polar surface area (TPSA) is 32.9 Å². The fourth-order valence-electron chi connectivity index (χ4n) is 2.36. The first-order chi connectivity index (χ1) is 9.99. The Labute approximate surface area is 136 Å². The fraction of sp³-hybridized carbons (Fsp3) is 0.0625. The van der Waals surface area contributed by atoms with Crippen molar-refractivity contribution in [2.24, 2.45) is 0 Å². The van der Waals surface area contributed by atoms with Crippen molar-refractivity contribution in [3.8, 4) is 0 Å². The second kappa shape index (κ2) is 5.38. The largest absolute Gasteiger partial charge is 0.360 e. The van der Waals surface area contributed by atoms with Gasteiger partial charge in [-0.15, -0.1) is 0 Å². The minimum Gasteiger partial charge on any atom is -0.360 e. The number of ketones is 1. The summed E-state index contributed by atoms with van der Waals surface area (Å²) in [7, 11) is 0. The average molecular weight is 339 g/mol. The van der Waals surface area contributed by atoms with E-state index < -0.39 is 0 Å². The number of hydrogen-bond acceptors (Lipinski definition) is 1. The van der Waals surface area contributed by atoms with Crippen molar-refractivity contribution in [3.63, 3.8) is 0 Å². The Bertz CT molecular complexity index is 867. The van der Waals surface area contributed by atoms with Crippen LogP contribution < -0.4 is 0 Å². The second-order valence-corrected chi connectivity index (χ2v) is 6.00. The first-order valence-corrected chi connectivity index (χ1v) is 7.38. The zero-order valence-electron chi connectivity index (χ0n) is 11.0. The van der Waals surface area contributed by atoms with Gasteiger partial charge in [0.05, 0.1) is 5.02 Å². The maximum absolute atomic E-state index is 12.8. The minimum atomic E-state index is -0.120. The molecule has 0 spiro atoms. The molecule has 5 heteroatoms. The van der Waals surface area contributed by atoms with Gasteiger partial charge in [-0.1, -0.05) is 46.9 Å². The van der Waals surface area contributed by atoms with Gasteiger partial charge in [0.1, 0.15) is 0 Å². The number of benzene rings is 2. The van der Waals surface area contributed by atoms with E-state index in [1.54, 1.807) is 36.5 Å². The number of carbonyl (C=O) groups excluding carboxylic acids is 1. The maximum atomic E-state index is 12.8. The molecular formula is C16H10Cl3NO. The van der Waals surface area contributed by atoms with Crippen LogP contribution in [0, 0.1) is 6.92 Å². The molecule has 3 aromatic rings. The lowest BCUT2D eigenvalue weighted by Gasteiger charge is -2.06. The summed E-state index contributed by atoms with van der Waals surface area (Å²) in [6, 6.07) is 8.64. The van der Waals surface area contributed by atoms with Crippen molar-refractivity contribution in [2.75, 3.05) is 0 Å². The molecule has 106 valence electrons. The van der Waals surface area contributed by atoms with E-state index >= 15 is 0 Å². The first kappa shape index (κ1) is 14.5. The molecule has 0 aliphatic heterocycles. The number of H-pyrrole nitrogens is 1. The van der Waals surface area contributed by atoms with E-state index in [1.165, 1.54) is 0 Å². The highest BCUT2D eigenvalue weighted by Gasteiger charge is 2.19. The molecule has 0 fully saturated rings. The summed E-state index contributed by atoms with van der Waals surface area (Å²) in [5.41, 5.74) is 2.56. The monoisotopic (exact) mass is 337 g/mol. The molecular weight excluding hydrogens is 329 g/mol. The Hall–Kier alpha value is -1.48. The van der Waals surface area contributed by atoms with Crippen molar-refractivity contribution >= 4 is 51.5 Å². The van der Waals surface area contributed by atoms with Crippen LogP contribution >= 0.6 is 34.8 Å². The lowest BCUT2D eigenvalue weighted by molar-refractivity contribution is 0.104. The highest BCUT2D eigenvalue weighted by Crippen LogP contribution is 2.32. The second-order valence-electron chi connectivity index (χ2n) is 4.75. The molecule has 0 unspecified atom stereocenters. The molecule has 0 aliphatic carbocycles. The molecule has 3 rings (SSSR count). The summed E-state index contributed by atoms with van der Waals surface area (Å²) in [6.07, 6.45) is 1.65. The molecule has 0 saturated carbocycles. The molecule has 0 atom stereocenters. The van der Waals surface area contributed by atoms with Gasteiger partial charge in [-0.3, -0.25) is 4.79 Å². The molecule has 0 radical (unpaired) electrons. The van der Waals surface area contributed by atoms with E-state index in [2.05, 4.69) is 4.98 Å². The van der Waals surface area contributed by atoms with E-state index in [9.17, 15) is 4.79 Å². The van der Waals surface area contributed by atoms with E-state index in [0.717, 1.165) is 11.1 Å². The minimum absolute atomic E-state index is 0.120. The number of aromatic nitrogens is 1. The van der Waals surface area contributed by atoms with Gasteiger partial charge in [0.15, 0.2) is 5.78 Å². The number of rotatable bonds is 2. The normalized spacial score (nSPS) is 11.0. The highest BCUT2D eigenvalue weighted by atomic mass is 35.5. The molecule has 1 N–H and O–H groups in total. The number of hydrogen-bond donors (Lipinski definition) is 1. The van der Waals surface area contributed by atoms with Crippen LogP contribution in [0.3, 0.4) is 0 Å². The summed E-state index contributed by atoms with van der Waals surface area (Å²) in [5, 5.41) is 2.20. The summed E-state index contributed by atoms with van der Waals surface area (Å²) >= 11 is 18.3. The van der Waals surface area contributed by atoms with Crippen LogP contribution in [0.2, 0.25) is 15.1 Å². The molecule has 1 aromatic heterocycles. The van der Waals surface area contributed by atoms with Gasteiger partial charge in [-0.2, -0.15) is 0 Å². The zero-order valence-corrected chi connectivity index (χ0v) is 13.3. The molecule has 2 aromatic carbocycles. The van der Waals surface area contributed by atoms with Gasteiger partial charge in [0, 0.05) is 38.3 Å². The van der Waals surface area contributed by atoms with Gasteiger partial charge in [-0.25, -0.2) is 0 Å². The van der Waals surface area contributed by atoms with E-state index in [0.29, 0.717) is 31.6 Å². The van der Waals surface area contributed by atoms with Crippen molar-refractivity contribution < 1.29 is 4.79 Å². The van der Waals surface area contributed by atoms with Gasteiger partial charge in [0.25, 0.3) is 0 Å². The Kier molecular flexibility index (Phi) is 3.70. The van der Waals surface area contributed by atoms with Gasteiger partial charge >= 0.3 is 0 Å². The number of fused-ring (bicyclic) bond motifs is 1. The Balaban J connectivity index is 2.21. The van der Waals surface area contributed by atoms with E-state index in [1.807, 2.05) is 6.92 Å². The molecule has 21 heavy (non-hydrogen) atoms. The van der Waals surface area contributed by atoms with Gasteiger partial charge < -0.3 is 4.98 Å². The lowest BCUT2D eigenvalue weighted by atomic mass is 9.99. The van der Waals surface area contributed by atoms with Crippen LogP contribution in [-0.2, 0) is 0 Å². The summed E-state index contributed by atoms with van der Waals surface area (Å²) in [4.78, 5) is 15.8. The third kappa shape index (κ3) is 2.44. The predicted molar refractivity (Wildman–Crippen MR) is 87.9 cm³/mol. The predicted octanol–water partition coefficient (Wildman–Crippen LogP) is 5.67. The lowest BCUT2D eigenvalue weighted by Crippen LogP contribution is -2.03. The van der Waals surface area contributed by atoms with Crippen LogP contribution in [0.5, 0.6) is 0 Å². The van der Waals surface area contributed by atoms with Crippen LogP contribution in [0.1, 0.15) is 21.5 Å². The SMILES string of the molecule is Cc1c(Cl)cccc1C(=O)c1c[nH]c2cc(Cl)cc(Cl)c12. The summed E-state index contributed by atoms with van der Waals surface area (Å²) < 4.78 is 0. The number of nitrogens with one attached hydrogen (secondary N) is 1. The number of halogens is 3. The van der Waals surface area contributed by atoms with Crippen molar-refractivity contribution in [1.29, 1.82) is 0 Å². The van der Waals surface area contributed by atoms with Gasteiger partial charge in [-0.05, 0) is 30.7 Å². The Morgan fingerprint density at radius 3 is 2.57 bits per heavy atom. The van der Waals surface area contributed by atoms with E-state index in [4.69, 9.17) is 34.8 Å².